The number of nitriles is 1. The van der Waals surface area contributed by atoms with E-state index in [0.29, 0.717) is 6.04 Å². The first-order valence-electron chi connectivity index (χ1n) is 7.34. The van der Waals surface area contributed by atoms with Crippen LogP contribution in [0, 0.1) is 23.2 Å². The average molecular weight is 234 g/mol. The molecule has 96 valence electrons. The summed E-state index contributed by atoms with van der Waals surface area (Å²) < 4.78 is 0. The van der Waals surface area contributed by atoms with Crippen LogP contribution in [0.15, 0.2) is 0 Å². The molecule has 0 aromatic rings. The van der Waals surface area contributed by atoms with Crippen LogP contribution in [0.2, 0.25) is 0 Å². The second kappa shape index (κ2) is 5.40. The van der Waals surface area contributed by atoms with Gasteiger partial charge in [-0.25, -0.2) is 0 Å². The summed E-state index contributed by atoms with van der Waals surface area (Å²) in [5.74, 6) is 1.49. The average Bonchev–Trinajstić information content (AvgIpc) is 2.50. The Labute approximate surface area is 106 Å². The molecule has 2 fully saturated rings. The highest BCUT2D eigenvalue weighted by Gasteiger charge is 2.46. The molecule has 0 heterocycles. The molecule has 0 radical (unpaired) electrons. The number of rotatable bonds is 3. The van der Waals surface area contributed by atoms with Gasteiger partial charge < -0.3 is 0 Å². The lowest BCUT2D eigenvalue weighted by atomic mass is 9.64. The Kier molecular flexibility index (Phi) is 4.09. The van der Waals surface area contributed by atoms with E-state index in [4.69, 9.17) is 0 Å². The van der Waals surface area contributed by atoms with Gasteiger partial charge in [0.25, 0.3) is 0 Å². The third kappa shape index (κ3) is 3.01. The Morgan fingerprint density at radius 3 is 2.18 bits per heavy atom. The summed E-state index contributed by atoms with van der Waals surface area (Å²) >= 11 is 0. The van der Waals surface area contributed by atoms with Gasteiger partial charge in [-0.3, -0.25) is 5.32 Å². The third-order valence-electron chi connectivity index (χ3n) is 4.71. The Balaban J connectivity index is 1.86. The molecule has 0 aromatic carbocycles. The predicted molar refractivity (Wildman–Crippen MR) is 70.5 cm³/mol. The van der Waals surface area contributed by atoms with Crippen molar-refractivity contribution in [1.82, 2.24) is 5.32 Å². The lowest BCUT2D eigenvalue weighted by molar-refractivity contribution is 0.101. The van der Waals surface area contributed by atoms with E-state index in [1.807, 2.05) is 0 Å². The zero-order valence-electron chi connectivity index (χ0n) is 11.3. The largest absolute Gasteiger partial charge is 0.297 e. The van der Waals surface area contributed by atoms with Gasteiger partial charge in [-0.15, -0.1) is 0 Å². The highest BCUT2D eigenvalue weighted by Crippen LogP contribution is 2.42. The van der Waals surface area contributed by atoms with Crippen molar-refractivity contribution in [2.24, 2.45) is 11.8 Å². The predicted octanol–water partition coefficient (Wildman–Crippen LogP) is 3.63. The van der Waals surface area contributed by atoms with Gasteiger partial charge >= 0.3 is 0 Å². The van der Waals surface area contributed by atoms with Gasteiger partial charge in [0.2, 0.25) is 0 Å². The number of hydrogen-bond acceptors (Lipinski definition) is 2. The first kappa shape index (κ1) is 12.9. The molecule has 0 amide bonds. The number of nitrogens with zero attached hydrogens (tertiary/aromatic N) is 1. The summed E-state index contributed by atoms with van der Waals surface area (Å²) in [4.78, 5) is 0. The minimum Gasteiger partial charge on any atom is -0.297 e. The molecule has 2 aliphatic rings. The highest BCUT2D eigenvalue weighted by atomic mass is 15.0. The zero-order valence-corrected chi connectivity index (χ0v) is 11.3. The maximum absolute atomic E-state index is 9.42. The smallest absolute Gasteiger partial charge is 0.107 e. The zero-order chi connectivity index (χ0) is 12.3. The summed E-state index contributed by atoms with van der Waals surface area (Å²) in [5, 5.41) is 13.1. The van der Waals surface area contributed by atoms with Crippen LogP contribution in [0.4, 0.5) is 0 Å². The molecule has 2 aliphatic carbocycles. The van der Waals surface area contributed by atoms with Crippen molar-refractivity contribution < 1.29 is 0 Å². The fourth-order valence-corrected chi connectivity index (χ4v) is 3.36. The Morgan fingerprint density at radius 2 is 1.71 bits per heavy atom. The van der Waals surface area contributed by atoms with E-state index in [-0.39, 0.29) is 5.54 Å². The maximum atomic E-state index is 9.42. The summed E-state index contributed by atoms with van der Waals surface area (Å²) in [6.45, 7) is 4.55. The van der Waals surface area contributed by atoms with Crippen molar-refractivity contribution in [1.29, 1.82) is 5.26 Å². The quantitative estimate of drug-likeness (QED) is 0.757. The van der Waals surface area contributed by atoms with Crippen LogP contribution in [0.3, 0.4) is 0 Å². The van der Waals surface area contributed by atoms with Crippen molar-refractivity contribution in [2.45, 2.75) is 76.8 Å². The Bertz CT molecular complexity index is 276. The highest BCUT2D eigenvalue weighted by molar-refractivity contribution is 5.16. The third-order valence-corrected chi connectivity index (χ3v) is 4.71. The minimum absolute atomic E-state index is 0.177. The van der Waals surface area contributed by atoms with Crippen molar-refractivity contribution in [3.8, 4) is 6.07 Å². The van der Waals surface area contributed by atoms with Gasteiger partial charge in [0.05, 0.1) is 6.07 Å². The van der Waals surface area contributed by atoms with Gasteiger partial charge in [-0.2, -0.15) is 5.26 Å². The van der Waals surface area contributed by atoms with E-state index in [0.717, 1.165) is 24.7 Å². The van der Waals surface area contributed by atoms with Gasteiger partial charge in [0.1, 0.15) is 5.54 Å². The van der Waals surface area contributed by atoms with E-state index in [2.05, 4.69) is 25.2 Å². The van der Waals surface area contributed by atoms with Crippen molar-refractivity contribution in [3.63, 3.8) is 0 Å². The van der Waals surface area contributed by atoms with Crippen LogP contribution in [-0.4, -0.2) is 11.6 Å². The SMILES string of the molecule is CC(C)C1CC(C#N)(NC2CCCCCC2)C1. The molecule has 0 spiro atoms. The van der Waals surface area contributed by atoms with Crippen molar-refractivity contribution >= 4 is 0 Å². The summed E-state index contributed by atoms with van der Waals surface area (Å²) in [7, 11) is 0. The molecule has 2 heteroatoms. The van der Waals surface area contributed by atoms with E-state index in [1.54, 1.807) is 0 Å². The molecule has 2 rings (SSSR count). The molecule has 17 heavy (non-hydrogen) atoms. The van der Waals surface area contributed by atoms with Crippen LogP contribution < -0.4 is 5.32 Å². The van der Waals surface area contributed by atoms with Crippen LogP contribution in [0.25, 0.3) is 0 Å². The molecule has 1 N–H and O–H groups in total. The van der Waals surface area contributed by atoms with Crippen LogP contribution in [0.1, 0.15) is 65.2 Å². The summed E-state index contributed by atoms with van der Waals surface area (Å²) in [6, 6.07) is 3.16. The van der Waals surface area contributed by atoms with Crippen LogP contribution in [-0.2, 0) is 0 Å². The fraction of sp³-hybridized carbons (Fsp3) is 0.933. The first-order valence-corrected chi connectivity index (χ1v) is 7.34. The van der Waals surface area contributed by atoms with Gasteiger partial charge in [0.15, 0.2) is 0 Å². The second-order valence-corrected chi connectivity index (χ2v) is 6.44. The molecule has 0 atom stereocenters. The standard InChI is InChI=1S/C15H26N2/c1-12(2)13-9-15(10-13,11-16)17-14-7-5-3-4-6-8-14/h12-14,17H,3-10H2,1-2H3. The van der Waals surface area contributed by atoms with Gasteiger partial charge in [-0.05, 0) is 37.5 Å². The summed E-state index contributed by atoms with van der Waals surface area (Å²) in [5.41, 5.74) is -0.177. The molecule has 0 bridgehead atoms. The number of hydrogen-bond donors (Lipinski definition) is 1. The lowest BCUT2D eigenvalue weighted by Crippen LogP contribution is -2.58. The normalized spacial score (nSPS) is 35.1. The molecular weight excluding hydrogens is 208 g/mol. The molecule has 2 saturated carbocycles. The van der Waals surface area contributed by atoms with Crippen LogP contribution in [0.5, 0.6) is 0 Å². The fourth-order valence-electron chi connectivity index (χ4n) is 3.36. The van der Waals surface area contributed by atoms with Crippen LogP contribution >= 0.6 is 0 Å². The Morgan fingerprint density at radius 1 is 1.12 bits per heavy atom. The van der Waals surface area contributed by atoms with Gasteiger partial charge in [-0.1, -0.05) is 39.5 Å². The first-order chi connectivity index (χ1) is 8.15. The van der Waals surface area contributed by atoms with E-state index in [1.165, 1.54) is 38.5 Å². The molecule has 0 aromatic heterocycles. The van der Waals surface area contributed by atoms with Crippen molar-refractivity contribution in [2.75, 3.05) is 0 Å². The minimum atomic E-state index is -0.177. The molecule has 0 unspecified atom stereocenters. The van der Waals surface area contributed by atoms with Crippen molar-refractivity contribution in [3.05, 3.63) is 0 Å². The summed E-state index contributed by atoms with van der Waals surface area (Å²) in [6.07, 6.45) is 10.1. The Hall–Kier alpha value is -0.550. The number of nitrogens with one attached hydrogen (secondary N) is 1. The van der Waals surface area contributed by atoms with E-state index >= 15 is 0 Å². The van der Waals surface area contributed by atoms with Gasteiger partial charge in [0, 0.05) is 6.04 Å². The maximum Gasteiger partial charge on any atom is 0.107 e. The molecule has 0 saturated heterocycles. The topological polar surface area (TPSA) is 35.8 Å². The molecule has 0 aliphatic heterocycles. The molecule has 2 nitrogen and oxygen atoms in total. The van der Waals surface area contributed by atoms with E-state index in [9.17, 15) is 5.26 Å². The van der Waals surface area contributed by atoms with E-state index < -0.39 is 0 Å². The monoisotopic (exact) mass is 234 g/mol. The molecular formula is C15H26N2. The second-order valence-electron chi connectivity index (χ2n) is 6.44. The lowest BCUT2D eigenvalue weighted by Gasteiger charge is -2.47.